The number of amides is 1. The summed E-state index contributed by atoms with van der Waals surface area (Å²) in [6, 6.07) is 3.04. The minimum absolute atomic E-state index is 0.0183. The van der Waals surface area contributed by atoms with E-state index in [2.05, 4.69) is 15.4 Å². The second kappa shape index (κ2) is 6.37. The van der Waals surface area contributed by atoms with E-state index in [0.29, 0.717) is 27.9 Å². The van der Waals surface area contributed by atoms with Crippen LogP contribution in [0.1, 0.15) is 28.4 Å². The molecule has 122 valence electrons. The molecule has 3 rings (SSSR count). The highest BCUT2D eigenvalue weighted by atomic mass is 35.5. The third-order valence-electron chi connectivity index (χ3n) is 3.79. The van der Waals surface area contributed by atoms with Crippen LogP contribution < -0.4 is 10.1 Å². The van der Waals surface area contributed by atoms with E-state index < -0.39 is 0 Å². The normalized spacial score (nSPS) is 16.8. The van der Waals surface area contributed by atoms with Gasteiger partial charge in [0.25, 0.3) is 5.91 Å². The Labute approximate surface area is 143 Å². The van der Waals surface area contributed by atoms with E-state index in [1.165, 1.54) is 13.2 Å². The fourth-order valence-electron chi connectivity index (χ4n) is 2.69. The average Bonchev–Trinajstić information content (AvgIpc) is 2.88. The molecule has 0 saturated heterocycles. The molecule has 2 aromatic rings. The van der Waals surface area contributed by atoms with Crippen molar-refractivity contribution in [2.45, 2.75) is 32.4 Å². The Balaban J connectivity index is 1.76. The van der Waals surface area contributed by atoms with Crippen LogP contribution in [0.4, 0.5) is 0 Å². The number of ether oxygens (including phenoxy) is 1. The number of hydrogen-bond donors (Lipinski definition) is 1. The first kappa shape index (κ1) is 16.1. The lowest BCUT2D eigenvalue weighted by Gasteiger charge is -2.24. The highest BCUT2D eigenvalue weighted by Gasteiger charge is 2.24. The topological polar surface area (TPSA) is 69.0 Å². The number of benzene rings is 1. The number of rotatable bonds is 3. The monoisotopic (exact) mass is 354 g/mol. The van der Waals surface area contributed by atoms with Crippen molar-refractivity contribution in [3.05, 3.63) is 39.4 Å². The Morgan fingerprint density at radius 3 is 2.87 bits per heavy atom. The number of methoxy groups -OCH3 is 1. The van der Waals surface area contributed by atoms with Crippen LogP contribution in [0.3, 0.4) is 0 Å². The molecule has 0 aliphatic carbocycles. The summed E-state index contributed by atoms with van der Waals surface area (Å²) >= 11 is 12.0. The average molecular weight is 355 g/mol. The van der Waals surface area contributed by atoms with Crippen molar-refractivity contribution in [2.24, 2.45) is 0 Å². The predicted molar refractivity (Wildman–Crippen MR) is 87.3 cm³/mol. The Bertz CT molecular complexity index is 760. The van der Waals surface area contributed by atoms with Gasteiger partial charge in [0.05, 0.1) is 29.3 Å². The van der Waals surface area contributed by atoms with Gasteiger partial charge in [-0.2, -0.15) is 5.10 Å². The van der Waals surface area contributed by atoms with Crippen LogP contribution >= 0.6 is 23.2 Å². The standard InChI is InChI=1S/C15H16Cl2N4O2/c1-8-18-14-4-3-9(7-21(14)20-8)19-15(22)10-5-11(16)12(17)6-13(10)23-2/h5-6,9H,3-4,7H2,1-2H3,(H,19,22). The molecule has 0 bridgehead atoms. The fourth-order valence-corrected chi connectivity index (χ4v) is 3.01. The van der Waals surface area contributed by atoms with E-state index in [-0.39, 0.29) is 11.9 Å². The van der Waals surface area contributed by atoms with E-state index in [1.54, 1.807) is 6.07 Å². The number of halogens is 2. The molecule has 0 saturated carbocycles. The van der Waals surface area contributed by atoms with Crippen LogP contribution in [0.5, 0.6) is 5.75 Å². The fraction of sp³-hybridized carbons (Fsp3) is 0.400. The number of fused-ring (bicyclic) bond motifs is 1. The Hall–Kier alpha value is -1.79. The Morgan fingerprint density at radius 1 is 1.39 bits per heavy atom. The molecule has 1 amide bonds. The van der Waals surface area contributed by atoms with Crippen molar-refractivity contribution in [3.63, 3.8) is 0 Å². The van der Waals surface area contributed by atoms with Gasteiger partial charge in [-0.05, 0) is 19.4 Å². The van der Waals surface area contributed by atoms with Crippen LogP contribution in [-0.2, 0) is 13.0 Å². The van der Waals surface area contributed by atoms with Gasteiger partial charge in [0, 0.05) is 18.5 Å². The number of aromatic nitrogens is 3. The molecule has 1 aromatic heterocycles. The molecular formula is C15H16Cl2N4O2. The lowest BCUT2D eigenvalue weighted by Crippen LogP contribution is -2.41. The van der Waals surface area contributed by atoms with Crippen LogP contribution in [0, 0.1) is 6.92 Å². The van der Waals surface area contributed by atoms with E-state index >= 15 is 0 Å². The first-order chi connectivity index (χ1) is 11.0. The molecule has 0 spiro atoms. The van der Waals surface area contributed by atoms with Gasteiger partial charge < -0.3 is 10.1 Å². The van der Waals surface area contributed by atoms with Crippen molar-refractivity contribution in [1.29, 1.82) is 0 Å². The molecule has 0 fully saturated rings. The summed E-state index contributed by atoms with van der Waals surface area (Å²) < 4.78 is 7.06. The summed E-state index contributed by atoms with van der Waals surface area (Å²) in [6.45, 7) is 2.46. The van der Waals surface area contributed by atoms with Gasteiger partial charge in [-0.15, -0.1) is 0 Å². The smallest absolute Gasteiger partial charge is 0.255 e. The van der Waals surface area contributed by atoms with E-state index in [9.17, 15) is 4.79 Å². The van der Waals surface area contributed by atoms with Crippen molar-refractivity contribution in [1.82, 2.24) is 20.1 Å². The molecule has 23 heavy (non-hydrogen) atoms. The Kier molecular flexibility index (Phi) is 4.46. The highest BCUT2D eigenvalue weighted by molar-refractivity contribution is 6.42. The summed E-state index contributed by atoms with van der Waals surface area (Å²) in [5.74, 6) is 1.86. The van der Waals surface area contributed by atoms with E-state index in [4.69, 9.17) is 27.9 Å². The quantitative estimate of drug-likeness (QED) is 0.919. The molecule has 1 N–H and O–H groups in total. The molecule has 1 aliphatic heterocycles. The first-order valence-corrected chi connectivity index (χ1v) is 7.97. The zero-order valence-corrected chi connectivity index (χ0v) is 14.3. The molecule has 6 nitrogen and oxygen atoms in total. The van der Waals surface area contributed by atoms with Gasteiger partial charge in [0.2, 0.25) is 0 Å². The molecule has 2 heterocycles. The molecule has 1 unspecified atom stereocenters. The van der Waals surface area contributed by atoms with E-state index in [1.807, 2.05) is 11.6 Å². The van der Waals surface area contributed by atoms with E-state index in [0.717, 1.165) is 24.5 Å². The number of aryl methyl sites for hydroxylation is 2. The number of carbonyl (C=O) groups excluding carboxylic acids is 1. The second-order valence-electron chi connectivity index (χ2n) is 5.43. The molecule has 0 radical (unpaired) electrons. The summed E-state index contributed by atoms with van der Waals surface area (Å²) in [7, 11) is 1.49. The SMILES string of the molecule is COc1cc(Cl)c(Cl)cc1C(=O)NC1CCc2nc(C)nn2C1. The Morgan fingerprint density at radius 2 is 2.13 bits per heavy atom. The van der Waals surface area contributed by atoms with Crippen molar-refractivity contribution in [3.8, 4) is 5.75 Å². The second-order valence-corrected chi connectivity index (χ2v) is 6.25. The van der Waals surface area contributed by atoms with Gasteiger partial charge in [-0.3, -0.25) is 4.79 Å². The van der Waals surface area contributed by atoms with Crippen molar-refractivity contribution in [2.75, 3.05) is 7.11 Å². The molecular weight excluding hydrogens is 339 g/mol. The lowest BCUT2D eigenvalue weighted by atomic mass is 10.1. The summed E-state index contributed by atoms with van der Waals surface area (Å²) in [5, 5.41) is 7.99. The predicted octanol–water partition coefficient (Wildman–Crippen LogP) is 2.65. The van der Waals surface area contributed by atoms with Gasteiger partial charge in [0.15, 0.2) is 0 Å². The number of nitrogens with one attached hydrogen (secondary N) is 1. The zero-order valence-electron chi connectivity index (χ0n) is 12.8. The molecule has 1 aliphatic rings. The summed E-state index contributed by atoms with van der Waals surface area (Å²) in [5.41, 5.74) is 0.363. The minimum Gasteiger partial charge on any atom is -0.496 e. The van der Waals surface area contributed by atoms with Crippen LogP contribution in [-0.4, -0.2) is 33.8 Å². The molecule has 1 atom stereocenters. The number of nitrogens with zero attached hydrogens (tertiary/aromatic N) is 3. The van der Waals surface area contributed by atoms with Crippen LogP contribution in [0.25, 0.3) is 0 Å². The summed E-state index contributed by atoms with van der Waals surface area (Å²) in [4.78, 5) is 16.9. The van der Waals surface area contributed by atoms with Gasteiger partial charge in [-0.1, -0.05) is 23.2 Å². The van der Waals surface area contributed by atoms with Crippen molar-refractivity contribution < 1.29 is 9.53 Å². The maximum Gasteiger partial charge on any atom is 0.255 e. The van der Waals surface area contributed by atoms with Gasteiger partial charge in [-0.25, -0.2) is 9.67 Å². The molecule has 8 heteroatoms. The minimum atomic E-state index is -0.245. The zero-order chi connectivity index (χ0) is 16.6. The van der Waals surface area contributed by atoms with Gasteiger partial charge >= 0.3 is 0 Å². The summed E-state index contributed by atoms with van der Waals surface area (Å²) in [6.07, 6.45) is 1.60. The maximum absolute atomic E-state index is 12.5. The molecule has 1 aromatic carbocycles. The number of carbonyl (C=O) groups is 1. The maximum atomic E-state index is 12.5. The lowest BCUT2D eigenvalue weighted by molar-refractivity contribution is 0.0923. The third kappa shape index (κ3) is 3.28. The van der Waals surface area contributed by atoms with Gasteiger partial charge in [0.1, 0.15) is 17.4 Å². The third-order valence-corrected chi connectivity index (χ3v) is 4.51. The van der Waals surface area contributed by atoms with Crippen molar-refractivity contribution >= 4 is 29.1 Å². The highest BCUT2D eigenvalue weighted by Crippen LogP contribution is 2.30. The van der Waals surface area contributed by atoms with Crippen LogP contribution in [0.15, 0.2) is 12.1 Å². The largest absolute Gasteiger partial charge is 0.496 e. The number of hydrogen-bond acceptors (Lipinski definition) is 4. The first-order valence-electron chi connectivity index (χ1n) is 7.22. The van der Waals surface area contributed by atoms with Crippen LogP contribution in [0.2, 0.25) is 10.0 Å².